The van der Waals surface area contributed by atoms with Crippen LogP contribution in [-0.4, -0.2) is 31.3 Å². The molecule has 8 nitrogen and oxygen atoms in total. The van der Waals surface area contributed by atoms with Gasteiger partial charge in [0, 0.05) is 34.8 Å². The molecule has 0 radical (unpaired) electrons. The van der Waals surface area contributed by atoms with E-state index in [9.17, 15) is 18.0 Å². The van der Waals surface area contributed by atoms with Gasteiger partial charge in [-0.1, -0.05) is 66.7 Å². The molecule has 1 heterocycles. The van der Waals surface area contributed by atoms with E-state index in [1.807, 2.05) is 60.7 Å². The van der Waals surface area contributed by atoms with Gasteiger partial charge in [-0.3, -0.25) is 9.59 Å². The first-order chi connectivity index (χ1) is 19.4. The van der Waals surface area contributed by atoms with Crippen LogP contribution < -0.4 is 10.0 Å². The molecule has 1 amide bonds. The molecule has 5 aromatic rings. The van der Waals surface area contributed by atoms with E-state index < -0.39 is 22.0 Å². The second kappa shape index (κ2) is 12.0. The Labute approximate surface area is 232 Å². The van der Waals surface area contributed by atoms with Crippen LogP contribution in [0.25, 0.3) is 10.9 Å². The van der Waals surface area contributed by atoms with Gasteiger partial charge < -0.3 is 15.0 Å². The SMILES string of the molecule is O=C(Nc1ccc(S(=O)(=O)N[C@H](Cc2c[nH]c3ccccc23)C(=O)OCc2ccccc2)cc1)c1ccccc1. The van der Waals surface area contributed by atoms with Crippen molar-refractivity contribution in [1.82, 2.24) is 9.71 Å². The summed E-state index contributed by atoms with van der Waals surface area (Å²) in [6.45, 7) is 0.0155. The van der Waals surface area contributed by atoms with Crippen molar-refractivity contribution in [3.8, 4) is 0 Å². The van der Waals surface area contributed by atoms with Crippen molar-refractivity contribution < 1.29 is 22.7 Å². The number of H-pyrrole nitrogens is 1. The number of nitrogens with one attached hydrogen (secondary N) is 3. The number of carbonyl (C=O) groups is 2. The van der Waals surface area contributed by atoms with Crippen molar-refractivity contribution in [2.75, 3.05) is 5.32 Å². The van der Waals surface area contributed by atoms with Crippen molar-refractivity contribution in [2.45, 2.75) is 24.0 Å². The van der Waals surface area contributed by atoms with Crippen LogP contribution in [0.15, 0.2) is 120 Å². The summed E-state index contributed by atoms with van der Waals surface area (Å²) in [6, 6.07) is 30.0. The maximum atomic E-state index is 13.4. The highest BCUT2D eigenvalue weighted by Gasteiger charge is 2.28. The van der Waals surface area contributed by atoms with Gasteiger partial charge in [0.2, 0.25) is 10.0 Å². The van der Waals surface area contributed by atoms with Crippen LogP contribution in [0.2, 0.25) is 0 Å². The predicted molar refractivity (Wildman–Crippen MR) is 153 cm³/mol. The number of fused-ring (bicyclic) bond motifs is 1. The minimum atomic E-state index is -4.12. The fraction of sp³-hybridized carbons (Fsp3) is 0.0968. The number of aromatic nitrogens is 1. The lowest BCUT2D eigenvalue weighted by Gasteiger charge is -2.18. The molecule has 3 N–H and O–H groups in total. The standard InChI is InChI=1S/C31H27N3O5S/c35-30(23-11-5-2-6-12-23)33-25-15-17-26(18-16-25)40(37,38)34-29(31(36)39-21-22-9-3-1-4-10-22)19-24-20-32-28-14-8-7-13-27(24)28/h1-18,20,29,32,34H,19,21H2,(H,33,35)/t29-/m1/s1. The van der Waals surface area contributed by atoms with E-state index in [-0.39, 0.29) is 23.8 Å². The third-order valence-electron chi connectivity index (χ3n) is 6.36. The lowest BCUT2D eigenvalue weighted by atomic mass is 10.1. The van der Waals surface area contributed by atoms with E-state index in [0.717, 1.165) is 22.0 Å². The quantitative estimate of drug-likeness (QED) is 0.209. The van der Waals surface area contributed by atoms with Crippen LogP contribution in [0.3, 0.4) is 0 Å². The second-order valence-electron chi connectivity index (χ2n) is 9.18. The van der Waals surface area contributed by atoms with E-state index in [1.165, 1.54) is 24.3 Å². The number of amides is 1. The number of anilines is 1. The largest absolute Gasteiger partial charge is 0.460 e. The molecule has 0 unspecified atom stereocenters. The van der Waals surface area contributed by atoms with E-state index in [1.54, 1.807) is 30.5 Å². The Morgan fingerprint density at radius 2 is 1.45 bits per heavy atom. The molecular formula is C31H27N3O5S. The van der Waals surface area contributed by atoms with E-state index >= 15 is 0 Å². The summed E-state index contributed by atoms with van der Waals surface area (Å²) >= 11 is 0. The number of esters is 1. The number of hydrogen-bond acceptors (Lipinski definition) is 5. The minimum Gasteiger partial charge on any atom is -0.460 e. The average Bonchev–Trinajstić information content (AvgIpc) is 3.39. The van der Waals surface area contributed by atoms with Crippen molar-refractivity contribution in [3.05, 3.63) is 132 Å². The Morgan fingerprint density at radius 1 is 0.800 bits per heavy atom. The predicted octanol–water partition coefficient (Wildman–Crippen LogP) is 5.05. The number of hydrogen-bond donors (Lipinski definition) is 3. The first-order valence-corrected chi connectivity index (χ1v) is 14.1. The first-order valence-electron chi connectivity index (χ1n) is 12.6. The fourth-order valence-electron chi connectivity index (χ4n) is 4.29. The summed E-state index contributed by atoms with van der Waals surface area (Å²) in [5, 5.41) is 3.63. The third-order valence-corrected chi connectivity index (χ3v) is 7.85. The molecule has 0 saturated carbocycles. The smallest absolute Gasteiger partial charge is 0.324 e. The van der Waals surface area contributed by atoms with Gasteiger partial charge >= 0.3 is 5.97 Å². The zero-order chi connectivity index (χ0) is 28.0. The number of aromatic amines is 1. The third kappa shape index (κ3) is 6.45. The summed E-state index contributed by atoms with van der Waals surface area (Å²) in [4.78, 5) is 28.7. The van der Waals surface area contributed by atoms with Gasteiger partial charge in [-0.05, 0) is 53.6 Å². The zero-order valence-corrected chi connectivity index (χ0v) is 22.2. The molecule has 0 bridgehead atoms. The van der Waals surface area contributed by atoms with Crippen LogP contribution in [-0.2, 0) is 32.6 Å². The lowest BCUT2D eigenvalue weighted by molar-refractivity contribution is -0.147. The molecule has 0 saturated heterocycles. The molecule has 40 heavy (non-hydrogen) atoms. The summed E-state index contributed by atoms with van der Waals surface area (Å²) in [7, 11) is -4.12. The number of carbonyl (C=O) groups excluding carboxylic acids is 2. The number of ether oxygens (including phenoxy) is 1. The molecular weight excluding hydrogens is 526 g/mol. The van der Waals surface area contributed by atoms with Gasteiger partial charge in [-0.15, -0.1) is 0 Å². The normalized spacial score (nSPS) is 12.1. The Kier molecular flexibility index (Phi) is 8.04. The average molecular weight is 554 g/mol. The van der Waals surface area contributed by atoms with Crippen LogP contribution in [0.4, 0.5) is 5.69 Å². The molecule has 5 rings (SSSR count). The minimum absolute atomic E-state index is 0.0155. The monoisotopic (exact) mass is 553 g/mol. The summed E-state index contributed by atoms with van der Waals surface area (Å²) in [5.41, 5.74) is 3.36. The van der Waals surface area contributed by atoms with Gasteiger partial charge in [0.15, 0.2) is 0 Å². The van der Waals surface area contributed by atoms with Crippen molar-refractivity contribution in [2.24, 2.45) is 0 Å². The van der Waals surface area contributed by atoms with Gasteiger partial charge in [0.1, 0.15) is 12.6 Å². The Bertz CT molecular complexity index is 1720. The number of rotatable bonds is 10. The number of benzene rings is 4. The zero-order valence-electron chi connectivity index (χ0n) is 21.4. The molecule has 202 valence electrons. The van der Waals surface area contributed by atoms with Gasteiger partial charge in [0.05, 0.1) is 4.90 Å². The van der Waals surface area contributed by atoms with Gasteiger partial charge in [-0.2, -0.15) is 4.72 Å². The summed E-state index contributed by atoms with van der Waals surface area (Å²) in [6.07, 6.45) is 1.85. The molecule has 4 aromatic carbocycles. The van der Waals surface area contributed by atoms with Gasteiger partial charge in [0.25, 0.3) is 5.91 Å². The molecule has 0 fully saturated rings. The van der Waals surface area contributed by atoms with Crippen molar-refractivity contribution >= 4 is 38.5 Å². The maximum absolute atomic E-state index is 13.4. The van der Waals surface area contributed by atoms with Crippen LogP contribution in [0, 0.1) is 0 Å². The summed E-state index contributed by atoms with van der Waals surface area (Å²) < 4.78 is 34.8. The van der Waals surface area contributed by atoms with Crippen molar-refractivity contribution in [3.63, 3.8) is 0 Å². The molecule has 0 aliphatic carbocycles. The molecule has 0 aliphatic heterocycles. The van der Waals surface area contributed by atoms with Crippen LogP contribution in [0.1, 0.15) is 21.5 Å². The fourth-order valence-corrected chi connectivity index (χ4v) is 5.47. The van der Waals surface area contributed by atoms with Crippen LogP contribution >= 0.6 is 0 Å². The highest BCUT2D eigenvalue weighted by Crippen LogP contribution is 2.21. The molecule has 0 spiro atoms. The highest BCUT2D eigenvalue weighted by atomic mass is 32.2. The van der Waals surface area contributed by atoms with E-state index in [0.29, 0.717) is 11.3 Å². The molecule has 0 aliphatic rings. The first kappa shape index (κ1) is 26.9. The van der Waals surface area contributed by atoms with Crippen molar-refractivity contribution in [1.29, 1.82) is 0 Å². The lowest BCUT2D eigenvalue weighted by Crippen LogP contribution is -2.43. The van der Waals surface area contributed by atoms with E-state index in [4.69, 9.17) is 4.74 Å². The van der Waals surface area contributed by atoms with Crippen LogP contribution in [0.5, 0.6) is 0 Å². The Balaban J connectivity index is 1.34. The Hall–Kier alpha value is -4.73. The second-order valence-corrected chi connectivity index (χ2v) is 10.9. The molecule has 9 heteroatoms. The molecule has 1 atom stereocenters. The van der Waals surface area contributed by atoms with E-state index in [2.05, 4.69) is 15.0 Å². The number of para-hydroxylation sites is 1. The Morgan fingerprint density at radius 3 is 2.17 bits per heavy atom. The highest BCUT2D eigenvalue weighted by molar-refractivity contribution is 7.89. The van der Waals surface area contributed by atoms with Gasteiger partial charge in [-0.25, -0.2) is 8.42 Å². The molecule has 1 aromatic heterocycles. The number of sulfonamides is 1. The summed E-state index contributed by atoms with van der Waals surface area (Å²) in [5.74, 6) is -1.00. The topological polar surface area (TPSA) is 117 Å². The maximum Gasteiger partial charge on any atom is 0.324 e.